The van der Waals surface area contributed by atoms with Crippen molar-refractivity contribution < 1.29 is 14.4 Å². The molecule has 6 heteroatoms. The van der Waals surface area contributed by atoms with Crippen LogP contribution in [0.25, 0.3) is 0 Å². The van der Waals surface area contributed by atoms with Gasteiger partial charge in [0.2, 0.25) is 5.91 Å². The van der Waals surface area contributed by atoms with Gasteiger partial charge in [-0.05, 0) is 51.0 Å². The van der Waals surface area contributed by atoms with Gasteiger partial charge in [0, 0.05) is 47.3 Å². The number of hydrogen-bond acceptors (Lipinski definition) is 5. The highest BCUT2D eigenvalue weighted by atomic mass is 33.1. The van der Waals surface area contributed by atoms with E-state index in [-0.39, 0.29) is 35.1 Å². The molecule has 0 fully saturated rings. The first-order chi connectivity index (χ1) is 16.2. The second kappa shape index (κ2) is 12.3. The Balaban J connectivity index is 1.57. The fourth-order valence-electron chi connectivity index (χ4n) is 3.58. The fourth-order valence-corrected chi connectivity index (χ4v) is 6.25. The molecule has 0 aromatic heterocycles. The Hall–Kier alpha value is -2.49. The standard InChI is InChI=1S/C28H31NO3S2/c1-21(30)17-19-33-34-28(2,3)18-16-25(31)14-15-27(32)29-20-24-10-5-4-8-22(24)12-13-23-9-6-7-11-26(23)29/h4-11H,14-20H2,1-3H3. The molecule has 1 amide bonds. The summed E-state index contributed by atoms with van der Waals surface area (Å²) in [6.45, 7) is 6.28. The van der Waals surface area contributed by atoms with Crippen molar-refractivity contribution >= 4 is 44.7 Å². The van der Waals surface area contributed by atoms with Crippen LogP contribution in [-0.4, -0.2) is 28.0 Å². The van der Waals surface area contributed by atoms with Gasteiger partial charge in [0.1, 0.15) is 11.6 Å². The number of carbonyl (C=O) groups excluding carboxylic acids is 3. The highest BCUT2D eigenvalue weighted by molar-refractivity contribution is 8.77. The van der Waals surface area contributed by atoms with Crippen LogP contribution >= 0.6 is 21.6 Å². The summed E-state index contributed by atoms with van der Waals surface area (Å²) in [6, 6.07) is 15.6. The molecule has 34 heavy (non-hydrogen) atoms. The van der Waals surface area contributed by atoms with Crippen LogP contribution in [0.2, 0.25) is 0 Å². The Morgan fingerprint density at radius 2 is 1.59 bits per heavy atom. The maximum atomic E-state index is 13.3. The van der Waals surface area contributed by atoms with Crippen molar-refractivity contribution in [2.24, 2.45) is 0 Å². The first kappa shape index (κ1) is 26.1. The predicted octanol–water partition coefficient (Wildman–Crippen LogP) is 6.20. The maximum Gasteiger partial charge on any atom is 0.227 e. The zero-order valence-corrected chi connectivity index (χ0v) is 21.7. The van der Waals surface area contributed by atoms with E-state index in [2.05, 4.69) is 25.7 Å². The number of benzene rings is 2. The molecule has 178 valence electrons. The fraction of sp³-hybridized carbons (Fsp3) is 0.393. The summed E-state index contributed by atoms with van der Waals surface area (Å²) in [7, 11) is 3.41. The highest BCUT2D eigenvalue weighted by Crippen LogP contribution is 2.39. The van der Waals surface area contributed by atoms with Crippen LogP contribution in [0.5, 0.6) is 0 Å². The molecule has 1 aliphatic heterocycles. The van der Waals surface area contributed by atoms with E-state index in [1.54, 1.807) is 33.4 Å². The summed E-state index contributed by atoms with van der Waals surface area (Å²) in [5.74, 6) is 7.46. The third-order valence-corrected chi connectivity index (χ3v) is 8.97. The van der Waals surface area contributed by atoms with Gasteiger partial charge in [-0.3, -0.25) is 14.4 Å². The largest absolute Gasteiger partial charge is 0.307 e. The number of amides is 1. The average Bonchev–Trinajstić information content (AvgIpc) is 2.80. The number of fused-ring (bicyclic) bond motifs is 2. The smallest absolute Gasteiger partial charge is 0.227 e. The molecule has 2 aromatic carbocycles. The van der Waals surface area contributed by atoms with Gasteiger partial charge in [-0.25, -0.2) is 0 Å². The van der Waals surface area contributed by atoms with Crippen LogP contribution in [0, 0.1) is 11.8 Å². The highest BCUT2D eigenvalue weighted by Gasteiger charge is 2.23. The normalized spacial score (nSPS) is 12.5. The van der Waals surface area contributed by atoms with Gasteiger partial charge < -0.3 is 4.90 Å². The van der Waals surface area contributed by atoms with Gasteiger partial charge in [0.15, 0.2) is 0 Å². The zero-order chi connectivity index (χ0) is 24.6. The van der Waals surface area contributed by atoms with Crippen LogP contribution in [0.15, 0.2) is 48.5 Å². The molecule has 1 aliphatic rings. The molecule has 4 nitrogen and oxygen atoms in total. The van der Waals surface area contributed by atoms with Crippen molar-refractivity contribution in [2.75, 3.05) is 10.7 Å². The van der Waals surface area contributed by atoms with Crippen molar-refractivity contribution in [3.8, 4) is 11.8 Å². The van der Waals surface area contributed by atoms with E-state index in [0.717, 1.165) is 34.6 Å². The zero-order valence-electron chi connectivity index (χ0n) is 20.1. The molecule has 0 radical (unpaired) electrons. The SMILES string of the molecule is CC(=O)CCSSC(C)(C)CCC(=O)CCC(=O)N1Cc2ccccc2C#Cc2ccccc21. The lowest BCUT2D eigenvalue weighted by Gasteiger charge is -2.26. The molecule has 0 unspecified atom stereocenters. The molecule has 0 aliphatic carbocycles. The third kappa shape index (κ3) is 7.78. The minimum Gasteiger partial charge on any atom is -0.307 e. The van der Waals surface area contributed by atoms with E-state index in [1.165, 1.54) is 0 Å². The molecular weight excluding hydrogens is 462 g/mol. The lowest BCUT2D eigenvalue weighted by atomic mass is 10.0. The molecule has 0 N–H and O–H groups in total. The summed E-state index contributed by atoms with van der Waals surface area (Å²) in [5.41, 5.74) is 3.54. The predicted molar refractivity (Wildman–Crippen MR) is 143 cm³/mol. The Morgan fingerprint density at radius 3 is 2.35 bits per heavy atom. The van der Waals surface area contributed by atoms with Crippen molar-refractivity contribution in [1.29, 1.82) is 0 Å². The first-order valence-electron chi connectivity index (χ1n) is 11.6. The van der Waals surface area contributed by atoms with E-state index in [1.807, 2.05) is 48.5 Å². The number of carbonyl (C=O) groups is 3. The second-order valence-corrected chi connectivity index (χ2v) is 12.2. The second-order valence-electron chi connectivity index (χ2n) is 9.06. The molecular formula is C28H31NO3S2. The Kier molecular flexibility index (Phi) is 9.44. The van der Waals surface area contributed by atoms with E-state index < -0.39 is 0 Å². The summed E-state index contributed by atoms with van der Waals surface area (Å²) >= 11 is 0. The molecule has 3 rings (SSSR count). The summed E-state index contributed by atoms with van der Waals surface area (Å²) in [6.07, 6.45) is 2.19. The lowest BCUT2D eigenvalue weighted by molar-refractivity contribution is -0.124. The van der Waals surface area contributed by atoms with Crippen LogP contribution in [0.3, 0.4) is 0 Å². The van der Waals surface area contributed by atoms with Crippen molar-refractivity contribution in [1.82, 2.24) is 0 Å². The number of ketones is 2. The summed E-state index contributed by atoms with van der Waals surface area (Å²) in [5, 5.41) is 0. The van der Waals surface area contributed by atoms with Crippen LogP contribution in [0.1, 0.15) is 69.6 Å². The molecule has 0 atom stereocenters. The number of para-hydroxylation sites is 1. The minimum atomic E-state index is -0.0640. The number of rotatable bonds is 11. The van der Waals surface area contributed by atoms with E-state index in [4.69, 9.17) is 0 Å². The number of Topliss-reactive ketones (excluding diaryl/α,β-unsaturated/α-hetero) is 2. The van der Waals surface area contributed by atoms with Gasteiger partial charge in [-0.1, -0.05) is 63.8 Å². The topological polar surface area (TPSA) is 54.5 Å². The Bertz CT molecular complexity index is 1110. The van der Waals surface area contributed by atoms with Gasteiger partial charge in [0.25, 0.3) is 0 Å². The van der Waals surface area contributed by atoms with E-state index >= 15 is 0 Å². The first-order valence-corrected chi connectivity index (χ1v) is 13.9. The van der Waals surface area contributed by atoms with Crippen LogP contribution in [-0.2, 0) is 20.9 Å². The van der Waals surface area contributed by atoms with Crippen LogP contribution < -0.4 is 4.90 Å². The minimum absolute atomic E-state index is 0.0623. The number of anilines is 1. The van der Waals surface area contributed by atoms with E-state index in [9.17, 15) is 14.4 Å². The summed E-state index contributed by atoms with van der Waals surface area (Å²) < 4.78 is -0.0640. The summed E-state index contributed by atoms with van der Waals surface area (Å²) in [4.78, 5) is 38.7. The van der Waals surface area contributed by atoms with Crippen molar-refractivity contribution in [3.63, 3.8) is 0 Å². The number of hydrogen-bond donors (Lipinski definition) is 0. The molecule has 1 heterocycles. The van der Waals surface area contributed by atoms with Crippen LogP contribution in [0.4, 0.5) is 5.69 Å². The maximum absolute atomic E-state index is 13.3. The van der Waals surface area contributed by atoms with Gasteiger partial charge in [-0.15, -0.1) is 0 Å². The average molecular weight is 494 g/mol. The Morgan fingerprint density at radius 1 is 0.912 bits per heavy atom. The molecule has 2 aromatic rings. The molecule has 0 spiro atoms. The van der Waals surface area contributed by atoms with Gasteiger partial charge >= 0.3 is 0 Å². The van der Waals surface area contributed by atoms with Gasteiger partial charge in [0.05, 0.1) is 12.2 Å². The molecule has 0 bridgehead atoms. The quantitative estimate of drug-likeness (QED) is 0.212. The van der Waals surface area contributed by atoms with Gasteiger partial charge in [-0.2, -0.15) is 0 Å². The molecule has 0 saturated carbocycles. The van der Waals surface area contributed by atoms with E-state index in [0.29, 0.717) is 19.4 Å². The monoisotopic (exact) mass is 493 g/mol. The van der Waals surface area contributed by atoms with Crippen molar-refractivity contribution in [3.05, 3.63) is 65.2 Å². The number of nitrogens with zero attached hydrogens (tertiary/aromatic N) is 1. The van der Waals surface area contributed by atoms with Crippen molar-refractivity contribution in [2.45, 2.75) is 64.2 Å². The lowest BCUT2D eigenvalue weighted by Crippen LogP contribution is -2.32. The third-order valence-electron chi connectivity index (χ3n) is 5.62. The Labute approximate surface area is 210 Å². The molecule has 0 saturated heterocycles.